The first kappa shape index (κ1) is 40.4. The van der Waals surface area contributed by atoms with Gasteiger partial charge in [-0.05, 0) is 64.7 Å². The van der Waals surface area contributed by atoms with Crippen LogP contribution in [-0.2, 0) is 28.1 Å². The highest BCUT2D eigenvalue weighted by Gasteiger charge is 2.67. The van der Waals surface area contributed by atoms with Gasteiger partial charge in [0.2, 0.25) is 0 Å². The van der Waals surface area contributed by atoms with Crippen LogP contribution in [0.5, 0.6) is 0 Å². The van der Waals surface area contributed by atoms with E-state index in [0.717, 1.165) is 29.6 Å². The lowest BCUT2D eigenvalue weighted by Crippen LogP contribution is -2.73. The van der Waals surface area contributed by atoms with Gasteiger partial charge in [-0.2, -0.15) is 0 Å². The standard InChI is InChI=1S/C49H50O9Si/c1-48(2,3)59(37-28-16-7-17-29-37,38-30-18-8-19-31-38)58-44-41(55-47(52)36-26-14-6-15-27-36)39(53-45(50)34-22-10-4-11-23-34)40(54-46(51)35-24-12-5-13-25-35)42-43(44)57-49(56-42)32-20-9-21-33-49/h4-8,10-19,22-31,39-44H,9,20-21,32-33H2,1-3H3/t39-,40-,41+,42+,43+,44-/m0/s1. The molecule has 6 atom stereocenters. The Morgan fingerprint density at radius 3 is 1.22 bits per heavy atom. The molecule has 0 radical (unpaired) electrons. The minimum Gasteiger partial charge on any atom is -0.452 e. The summed E-state index contributed by atoms with van der Waals surface area (Å²) in [5.74, 6) is -3.02. The van der Waals surface area contributed by atoms with Crippen LogP contribution >= 0.6 is 0 Å². The van der Waals surface area contributed by atoms with E-state index in [-0.39, 0.29) is 11.1 Å². The number of hydrogen-bond donors (Lipinski definition) is 0. The Morgan fingerprint density at radius 2 is 0.831 bits per heavy atom. The van der Waals surface area contributed by atoms with Crippen LogP contribution in [0.1, 0.15) is 83.9 Å². The van der Waals surface area contributed by atoms with Gasteiger partial charge in [0, 0.05) is 12.8 Å². The summed E-state index contributed by atoms with van der Waals surface area (Å²) >= 11 is 0. The van der Waals surface area contributed by atoms with E-state index in [9.17, 15) is 14.4 Å². The molecule has 1 spiro atoms. The summed E-state index contributed by atoms with van der Waals surface area (Å²) in [6.45, 7) is 6.49. The molecular formula is C49H50O9Si. The first-order valence-electron chi connectivity index (χ1n) is 20.5. The number of rotatable bonds is 10. The van der Waals surface area contributed by atoms with E-state index < -0.39 is 73.7 Å². The van der Waals surface area contributed by atoms with Crippen LogP contribution in [0.4, 0.5) is 0 Å². The van der Waals surface area contributed by atoms with E-state index >= 15 is 0 Å². The SMILES string of the molecule is CC(C)(C)[Si](O[C@H]1[C@H](OC(=O)c2ccccc2)[C@@H](OC(=O)c2ccccc2)[C@H](OC(=O)c2ccccc2)[C@H]2OC3(CCCCC3)O[C@H]21)(c1ccccc1)c1ccccc1. The molecule has 3 fully saturated rings. The Hall–Kier alpha value is -5.39. The Bertz CT molecular complexity index is 2150. The largest absolute Gasteiger partial charge is 0.452 e. The molecule has 1 heterocycles. The molecule has 0 aromatic heterocycles. The van der Waals surface area contributed by atoms with Gasteiger partial charge in [0.1, 0.15) is 18.3 Å². The van der Waals surface area contributed by atoms with Crippen molar-refractivity contribution in [3.63, 3.8) is 0 Å². The van der Waals surface area contributed by atoms with Gasteiger partial charge in [0.25, 0.3) is 8.32 Å². The predicted molar refractivity (Wildman–Crippen MR) is 225 cm³/mol. The monoisotopic (exact) mass is 810 g/mol. The van der Waals surface area contributed by atoms with Crippen LogP contribution in [0, 0.1) is 0 Å². The maximum atomic E-state index is 14.4. The lowest BCUT2D eigenvalue weighted by atomic mass is 9.84. The number of carbonyl (C=O) groups excluding carboxylic acids is 3. The minimum atomic E-state index is -3.45. The van der Waals surface area contributed by atoms with Crippen molar-refractivity contribution in [3.05, 3.63) is 168 Å². The van der Waals surface area contributed by atoms with Crippen molar-refractivity contribution in [1.82, 2.24) is 0 Å². The molecule has 2 aliphatic carbocycles. The zero-order chi connectivity index (χ0) is 41.0. The van der Waals surface area contributed by atoms with Crippen molar-refractivity contribution in [1.29, 1.82) is 0 Å². The van der Waals surface area contributed by atoms with Crippen molar-refractivity contribution in [2.45, 2.75) is 100 Å². The van der Waals surface area contributed by atoms with Gasteiger partial charge in [-0.3, -0.25) is 0 Å². The minimum absolute atomic E-state index is 0.271. The van der Waals surface area contributed by atoms with Crippen LogP contribution in [0.3, 0.4) is 0 Å². The number of carbonyl (C=O) groups is 3. The molecule has 2 saturated carbocycles. The van der Waals surface area contributed by atoms with Gasteiger partial charge in [0.15, 0.2) is 24.1 Å². The highest BCUT2D eigenvalue weighted by atomic mass is 28.4. The van der Waals surface area contributed by atoms with Crippen LogP contribution in [-0.4, -0.2) is 68.6 Å². The number of hydrogen-bond acceptors (Lipinski definition) is 9. The van der Waals surface area contributed by atoms with Gasteiger partial charge in [0.05, 0.1) is 16.7 Å². The second-order valence-corrected chi connectivity index (χ2v) is 20.8. The van der Waals surface area contributed by atoms with E-state index in [4.69, 9.17) is 28.1 Å². The Morgan fingerprint density at radius 1 is 0.492 bits per heavy atom. The highest BCUT2D eigenvalue weighted by Crippen LogP contribution is 2.49. The fourth-order valence-electron chi connectivity index (χ4n) is 8.97. The summed E-state index contributed by atoms with van der Waals surface area (Å²) in [4.78, 5) is 42.8. The predicted octanol–water partition coefficient (Wildman–Crippen LogP) is 8.07. The molecule has 59 heavy (non-hydrogen) atoms. The average molecular weight is 811 g/mol. The maximum absolute atomic E-state index is 14.4. The third-order valence-electron chi connectivity index (χ3n) is 11.7. The van der Waals surface area contributed by atoms with E-state index in [1.165, 1.54) is 0 Å². The fourth-order valence-corrected chi connectivity index (χ4v) is 13.7. The second kappa shape index (κ2) is 17.1. The first-order valence-corrected chi connectivity index (χ1v) is 22.4. The van der Waals surface area contributed by atoms with Gasteiger partial charge >= 0.3 is 17.9 Å². The Labute approximate surface area is 346 Å². The van der Waals surface area contributed by atoms with E-state index in [2.05, 4.69) is 45.0 Å². The van der Waals surface area contributed by atoms with Crippen molar-refractivity contribution in [3.8, 4) is 0 Å². The molecule has 8 rings (SSSR count). The summed E-state index contributed by atoms with van der Waals surface area (Å²) in [6.07, 6.45) is -2.98. The van der Waals surface area contributed by atoms with Crippen molar-refractivity contribution in [2.24, 2.45) is 0 Å². The lowest BCUT2D eigenvalue weighted by Gasteiger charge is -2.51. The molecule has 1 aliphatic heterocycles. The molecule has 0 unspecified atom stereocenters. The molecule has 0 N–H and O–H groups in total. The number of fused-ring (bicyclic) bond motifs is 1. The third kappa shape index (κ3) is 8.15. The summed E-state index contributed by atoms with van der Waals surface area (Å²) in [6, 6.07) is 46.1. The molecule has 3 aliphatic rings. The molecule has 304 valence electrons. The molecule has 1 saturated heterocycles. The maximum Gasteiger partial charge on any atom is 0.338 e. The molecule has 0 amide bonds. The number of benzene rings is 5. The summed E-state index contributed by atoms with van der Waals surface area (Å²) in [5, 5.41) is 1.48. The summed E-state index contributed by atoms with van der Waals surface area (Å²) < 4.78 is 41.7. The normalized spacial score (nSPS) is 23.8. The molecule has 10 heteroatoms. The van der Waals surface area contributed by atoms with Gasteiger partial charge in [-0.15, -0.1) is 0 Å². The third-order valence-corrected chi connectivity index (χ3v) is 16.8. The van der Waals surface area contributed by atoms with Crippen LogP contribution in [0.2, 0.25) is 5.04 Å². The van der Waals surface area contributed by atoms with Crippen LogP contribution in [0.15, 0.2) is 152 Å². The molecule has 9 nitrogen and oxygen atoms in total. The zero-order valence-corrected chi connectivity index (χ0v) is 34.6. The number of esters is 3. The smallest absolute Gasteiger partial charge is 0.338 e. The Kier molecular flexibility index (Phi) is 11.7. The van der Waals surface area contributed by atoms with Gasteiger partial charge in [-0.25, -0.2) is 14.4 Å². The highest BCUT2D eigenvalue weighted by molar-refractivity contribution is 6.99. The van der Waals surface area contributed by atoms with E-state index in [0.29, 0.717) is 18.4 Å². The molecular weight excluding hydrogens is 761 g/mol. The van der Waals surface area contributed by atoms with Crippen molar-refractivity contribution >= 4 is 36.6 Å². The van der Waals surface area contributed by atoms with E-state index in [1.807, 2.05) is 48.5 Å². The quantitative estimate of drug-likeness (QED) is 0.0787. The molecule has 5 aromatic rings. The van der Waals surface area contributed by atoms with Crippen molar-refractivity contribution in [2.75, 3.05) is 0 Å². The van der Waals surface area contributed by atoms with E-state index in [1.54, 1.807) is 78.9 Å². The summed E-state index contributed by atoms with van der Waals surface area (Å²) in [5.41, 5.74) is 0.858. The molecule has 5 aromatic carbocycles. The zero-order valence-electron chi connectivity index (χ0n) is 33.6. The van der Waals surface area contributed by atoms with Gasteiger partial charge in [-0.1, -0.05) is 142 Å². The lowest BCUT2D eigenvalue weighted by molar-refractivity contribution is -0.202. The number of ether oxygens (including phenoxy) is 5. The van der Waals surface area contributed by atoms with Crippen molar-refractivity contribution < 1.29 is 42.5 Å². The Balaban J connectivity index is 1.34. The summed E-state index contributed by atoms with van der Waals surface area (Å²) in [7, 11) is -3.45. The van der Waals surface area contributed by atoms with Gasteiger partial charge < -0.3 is 28.1 Å². The van der Waals surface area contributed by atoms with Crippen LogP contribution < -0.4 is 10.4 Å². The second-order valence-electron chi connectivity index (χ2n) is 16.6. The topological polar surface area (TPSA) is 107 Å². The average Bonchev–Trinajstić information content (AvgIpc) is 3.63. The fraction of sp³-hybridized carbons (Fsp3) is 0.327. The van der Waals surface area contributed by atoms with Crippen LogP contribution in [0.25, 0.3) is 0 Å². The first-order chi connectivity index (χ1) is 28.6. The molecule has 0 bridgehead atoms.